The number of nitrogens with zero attached hydrogens (tertiary/aromatic N) is 2. The Balaban J connectivity index is 2.61. The molecule has 5 nitrogen and oxygen atoms in total. The van der Waals surface area contributed by atoms with Crippen molar-refractivity contribution in [2.45, 2.75) is 33.6 Å². The van der Waals surface area contributed by atoms with Crippen molar-refractivity contribution in [1.29, 1.82) is 0 Å². The molecule has 16 heavy (non-hydrogen) atoms. The summed E-state index contributed by atoms with van der Waals surface area (Å²) in [7, 11) is 0. The van der Waals surface area contributed by atoms with Crippen LogP contribution in [0.3, 0.4) is 0 Å². The van der Waals surface area contributed by atoms with E-state index in [0.717, 1.165) is 12.8 Å². The highest BCUT2D eigenvalue weighted by Gasteiger charge is 2.35. The minimum atomic E-state index is -0.275. The average molecular weight is 227 g/mol. The fraction of sp³-hybridized carbons (Fsp3) is 0.818. The summed E-state index contributed by atoms with van der Waals surface area (Å²) in [4.78, 5) is 13.6. The zero-order valence-electron chi connectivity index (χ0n) is 10.2. The molecule has 0 aromatic rings. The van der Waals surface area contributed by atoms with E-state index in [-0.39, 0.29) is 23.1 Å². The summed E-state index contributed by atoms with van der Waals surface area (Å²) in [6, 6.07) is 0. The maximum Gasteiger partial charge on any atom is 0.225 e. The summed E-state index contributed by atoms with van der Waals surface area (Å²) >= 11 is 0. The van der Waals surface area contributed by atoms with Crippen LogP contribution in [0.25, 0.3) is 0 Å². The van der Waals surface area contributed by atoms with E-state index in [9.17, 15) is 4.79 Å². The van der Waals surface area contributed by atoms with Gasteiger partial charge >= 0.3 is 0 Å². The van der Waals surface area contributed by atoms with Gasteiger partial charge in [-0.2, -0.15) is 0 Å². The predicted molar refractivity (Wildman–Crippen MR) is 62.2 cm³/mol. The highest BCUT2D eigenvalue weighted by atomic mass is 16.4. The first-order chi connectivity index (χ1) is 7.40. The molecule has 1 fully saturated rings. The van der Waals surface area contributed by atoms with Gasteiger partial charge in [0, 0.05) is 24.4 Å². The van der Waals surface area contributed by atoms with E-state index in [1.54, 1.807) is 0 Å². The van der Waals surface area contributed by atoms with E-state index in [1.807, 2.05) is 25.7 Å². The first-order valence-electron chi connectivity index (χ1n) is 5.67. The highest BCUT2D eigenvalue weighted by Crippen LogP contribution is 2.31. The molecule has 3 N–H and O–H groups in total. The van der Waals surface area contributed by atoms with Crippen LogP contribution in [0.5, 0.6) is 0 Å². The van der Waals surface area contributed by atoms with Crippen LogP contribution >= 0.6 is 0 Å². The number of piperidine rings is 1. The third-order valence-corrected chi connectivity index (χ3v) is 3.40. The molecule has 1 aliphatic rings. The van der Waals surface area contributed by atoms with E-state index in [1.165, 1.54) is 0 Å². The Labute approximate surface area is 96.3 Å². The first-order valence-corrected chi connectivity index (χ1v) is 5.67. The zero-order chi connectivity index (χ0) is 12.3. The molecule has 1 rings (SSSR count). The molecular weight excluding hydrogens is 206 g/mol. The normalized spacial score (nSPS) is 21.2. The number of oxime groups is 1. The molecule has 0 aromatic heterocycles. The number of carbonyl (C=O) groups is 1. The van der Waals surface area contributed by atoms with Crippen molar-refractivity contribution in [2.75, 3.05) is 13.1 Å². The molecule has 5 heteroatoms. The maximum absolute atomic E-state index is 11.8. The fourth-order valence-electron chi connectivity index (χ4n) is 1.96. The molecule has 1 heterocycles. The van der Waals surface area contributed by atoms with Crippen molar-refractivity contribution in [3.8, 4) is 0 Å². The Morgan fingerprint density at radius 3 is 2.31 bits per heavy atom. The second-order valence-corrected chi connectivity index (χ2v) is 5.03. The van der Waals surface area contributed by atoms with Gasteiger partial charge in [0.1, 0.15) is 5.84 Å². The Hall–Kier alpha value is -1.26. The van der Waals surface area contributed by atoms with Crippen LogP contribution in [0, 0.1) is 11.3 Å². The second kappa shape index (κ2) is 4.72. The van der Waals surface area contributed by atoms with Gasteiger partial charge in [0.05, 0.1) is 0 Å². The van der Waals surface area contributed by atoms with Gasteiger partial charge in [-0.15, -0.1) is 0 Å². The second-order valence-electron chi connectivity index (χ2n) is 5.03. The Morgan fingerprint density at radius 1 is 1.44 bits per heavy atom. The smallest absolute Gasteiger partial charge is 0.225 e. The van der Waals surface area contributed by atoms with Crippen LogP contribution in [-0.2, 0) is 4.79 Å². The highest BCUT2D eigenvalue weighted by molar-refractivity contribution is 5.86. The van der Waals surface area contributed by atoms with Crippen molar-refractivity contribution in [2.24, 2.45) is 22.2 Å². The lowest BCUT2D eigenvalue weighted by atomic mass is 9.79. The molecule has 0 saturated carbocycles. The van der Waals surface area contributed by atoms with Crippen molar-refractivity contribution in [1.82, 2.24) is 4.90 Å². The van der Waals surface area contributed by atoms with Crippen LogP contribution < -0.4 is 5.73 Å². The van der Waals surface area contributed by atoms with Crippen LogP contribution in [0.1, 0.15) is 33.6 Å². The van der Waals surface area contributed by atoms with Gasteiger partial charge in [0.2, 0.25) is 5.91 Å². The van der Waals surface area contributed by atoms with Gasteiger partial charge in [-0.1, -0.05) is 25.9 Å². The third kappa shape index (κ3) is 2.46. The van der Waals surface area contributed by atoms with Crippen molar-refractivity contribution < 1.29 is 10.0 Å². The molecule has 1 amide bonds. The summed E-state index contributed by atoms with van der Waals surface area (Å²) in [6.07, 6.45) is 1.50. The fourth-order valence-corrected chi connectivity index (χ4v) is 1.96. The molecule has 92 valence electrons. The number of nitrogens with two attached hydrogens (primary N) is 1. The summed E-state index contributed by atoms with van der Waals surface area (Å²) in [5.74, 6) is 0.485. The zero-order valence-corrected chi connectivity index (χ0v) is 10.2. The van der Waals surface area contributed by atoms with Crippen LogP contribution in [-0.4, -0.2) is 34.9 Å². The van der Waals surface area contributed by atoms with E-state index < -0.39 is 0 Å². The number of hydrogen-bond acceptors (Lipinski definition) is 3. The molecule has 0 aliphatic carbocycles. The minimum Gasteiger partial charge on any atom is -0.409 e. The SMILES string of the molecule is CC(C)C(=O)N1CCC(C)(C(N)=NO)CC1. The molecular formula is C11H21N3O2. The Kier molecular flexibility index (Phi) is 3.78. The van der Waals surface area contributed by atoms with Crippen LogP contribution in [0.2, 0.25) is 0 Å². The molecule has 0 atom stereocenters. The van der Waals surface area contributed by atoms with E-state index >= 15 is 0 Å². The molecule has 0 radical (unpaired) electrons. The number of likely N-dealkylation sites (tertiary alicyclic amines) is 1. The lowest BCUT2D eigenvalue weighted by Crippen LogP contribution is -2.48. The van der Waals surface area contributed by atoms with Crippen LogP contribution in [0.15, 0.2) is 5.16 Å². The van der Waals surface area contributed by atoms with Gasteiger partial charge < -0.3 is 15.8 Å². The predicted octanol–water partition coefficient (Wildman–Crippen LogP) is 1.02. The first kappa shape index (κ1) is 12.8. The lowest BCUT2D eigenvalue weighted by molar-refractivity contribution is -0.136. The van der Waals surface area contributed by atoms with Crippen molar-refractivity contribution >= 4 is 11.7 Å². The van der Waals surface area contributed by atoms with Crippen LogP contribution in [0.4, 0.5) is 0 Å². The van der Waals surface area contributed by atoms with E-state index in [0.29, 0.717) is 13.1 Å². The van der Waals surface area contributed by atoms with E-state index in [2.05, 4.69) is 5.16 Å². The molecule has 0 spiro atoms. The summed E-state index contributed by atoms with van der Waals surface area (Å²) in [6.45, 7) is 7.14. The van der Waals surface area contributed by atoms with Gasteiger partial charge in [-0.3, -0.25) is 4.79 Å². The number of rotatable bonds is 2. The molecule has 0 bridgehead atoms. The third-order valence-electron chi connectivity index (χ3n) is 3.40. The van der Waals surface area contributed by atoms with Gasteiger partial charge in [0.25, 0.3) is 0 Å². The maximum atomic E-state index is 11.8. The molecule has 1 aliphatic heterocycles. The number of carbonyl (C=O) groups excluding carboxylic acids is 1. The summed E-state index contributed by atoms with van der Waals surface area (Å²) in [5.41, 5.74) is 5.38. The standard InChI is InChI=1S/C11H21N3O2/c1-8(2)9(15)14-6-4-11(3,5-7-14)10(12)13-16/h8,16H,4-7H2,1-3H3,(H2,12,13). The molecule has 0 unspecified atom stereocenters. The lowest BCUT2D eigenvalue weighted by Gasteiger charge is -2.39. The average Bonchev–Trinajstić information content (AvgIpc) is 2.28. The quantitative estimate of drug-likeness (QED) is 0.320. The van der Waals surface area contributed by atoms with Gasteiger partial charge in [-0.05, 0) is 12.8 Å². The Bertz CT molecular complexity index is 292. The Morgan fingerprint density at radius 2 is 1.94 bits per heavy atom. The summed E-state index contributed by atoms with van der Waals surface area (Å²) < 4.78 is 0. The summed E-state index contributed by atoms with van der Waals surface area (Å²) in [5, 5.41) is 11.8. The number of amidine groups is 1. The van der Waals surface area contributed by atoms with Crippen molar-refractivity contribution in [3.05, 3.63) is 0 Å². The number of hydrogen-bond donors (Lipinski definition) is 2. The number of amides is 1. The van der Waals surface area contributed by atoms with Gasteiger partial charge in [0.15, 0.2) is 0 Å². The van der Waals surface area contributed by atoms with E-state index in [4.69, 9.17) is 10.9 Å². The van der Waals surface area contributed by atoms with Crippen molar-refractivity contribution in [3.63, 3.8) is 0 Å². The monoisotopic (exact) mass is 227 g/mol. The molecule has 0 aromatic carbocycles. The van der Waals surface area contributed by atoms with Gasteiger partial charge in [-0.25, -0.2) is 0 Å². The topological polar surface area (TPSA) is 78.9 Å². The largest absolute Gasteiger partial charge is 0.409 e. The molecule has 1 saturated heterocycles. The minimum absolute atomic E-state index is 0.0354.